The summed E-state index contributed by atoms with van der Waals surface area (Å²) in [6.45, 7) is 0.881. The molecule has 0 saturated heterocycles. The van der Waals surface area contributed by atoms with E-state index >= 15 is 0 Å². The van der Waals surface area contributed by atoms with Gasteiger partial charge in [-0.1, -0.05) is 41.9 Å². The first-order valence-electron chi connectivity index (χ1n) is 7.49. The molecule has 5 heteroatoms. The van der Waals surface area contributed by atoms with Crippen LogP contribution in [-0.4, -0.2) is 37.0 Å². The normalized spacial score (nSPS) is 11.8. The fraction of sp³-hybridized carbons (Fsp3) is 0.278. The summed E-state index contributed by atoms with van der Waals surface area (Å²) in [5.41, 5.74) is 7.06. The van der Waals surface area contributed by atoms with E-state index in [2.05, 4.69) is 0 Å². The lowest BCUT2D eigenvalue weighted by molar-refractivity contribution is -0.131. The molecule has 0 aromatic heterocycles. The van der Waals surface area contributed by atoms with E-state index in [9.17, 15) is 4.79 Å². The van der Waals surface area contributed by atoms with E-state index in [-0.39, 0.29) is 5.91 Å². The van der Waals surface area contributed by atoms with Crippen molar-refractivity contribution in [1.82, 2.24) is 4.90 Å². The van der Waals surface area contributed by atoms with Crippen LogP contribution in [0.3, 0.4) is 0 Å². The van der Waals surface area contributed by atoms with Gasteiger partial charge in [0.2, 0.25) is 5.91 Å². The molecule has 1 atom stereocenters. The van der Waals surface area contributed by atoms with Crippen LogP contribution in [0, 0.1) is 0 Å². The molecule has 2 aromatic rings. The first-order chi connectivity index (χ1) is 11.1. The Morgan fingerprint density at radius 1 is 1.17 bits per heavy atom. The van der Waals surface area contributed by atoms with Gasteiger partial charge in [-0.2, -0.15) is 0 Å². The number of hydrogen-bond donors (Lipinski definition) is 1. The number of carbonyl (C=O) groups excluding carboxylic acids is 1. The molecule has 0 heterocycles. The third-order valence-electron chi connectivity index (χ3n) is 3.50. The molecule has 0 aliphatic rings. The van der Waals surface area contributed by atoms with E-state index in [0.717, 1.165) is 11.3 Å². The van der Waals surface area contributed by atoms with Crippen molar-refractivity contribution in [2.24, 2.45) is 5.73 Å². The van der Waals surface area contributed by atoms with Crippen LogP contribution < -0.4 is 10.5 Å². The van der Waals surface area contributed by atoms with E-state index in [1.54, 1.807) is 36.2 Å². The third-order valence-corrected chi connectivity index (χ3v) is 3.75. The Morgan fingerprint density at radius 2 is 1.83 bits per heavy atom. The van der Waals surface area contributed by atoms with Crippen molar-refractivity contribution in [3.8, 4) is 5.75 Å². The summed E-state index contributed by atoms with van der Waals surface area (Å²) >= 11 is 5.82. The van der Waals surface area contributed by atoms with E-state index in [4.69, 9.17) is 22.1 Å². The zero-order chi connectivity index (χ0) is 16.7. The van der Waals surface area contributed by atoms with Gasteiger partial charge in [-0.05, 0) is 36.2 Å². The minimum absolute atomic E-state index is 0.0893. The number of amides is 1. The molecular formula is C18H21ClN2O2. The van der Waals surface area contributed by atoms with Crippen molar-refractivity contribution in [1.29, 1.82) is 0 Å². The molecule has 2 rings (SSSR count). The average Bonchev–Trinajstić information content (AvgIpc) is 2.56. The number of benzene rings is 2. The summed E-state index contributed by atoms with van der Waals surface area (Å²) in [7, 11) is 1.73. The maximum atomic E-state index is 12.3. The summed E-state index contributed by atoms with van der Waals surface area (Å²) in [6.07, 6.45) is 0.530. The Hall–Kier alpha value is -2.04. The Balaban J connectivity index is 1.76. The zero-order valence-corrected chi connectivity index (χ0v) is 13.9. The standard InChI is InChI=1S/C18H21ClN2O2/c1-21(11-12-23-16-9-7-15(19)8-10-16)18(22)17(20)13-14-5-3-2-4-6-14/h2-10,17H,11-13,20H2,1H3. The van der Waals surface area contributed by atoms with E-state index in [0.29, 0.717) is 24.6 Å². The lowest BCUT2D eigenvalue weighted by atomic mass is 10.1. The molecule has 2 aromatic carbocycles. The minimum Gasteiger partial charge on any atom is -0.492 e. The summed E-state index contributed by atoms with van der Waals surface area (Å²) in [5, 5.41) is 0.663. The zero-order valence-electron chi connectivity index (χ0n) is 13.1. The fourth-order valence-electron chi connectivity index (χ4n) is 2.18. The molecular weight excluding hydrogens is 312 g/mol. The van der Waals surface area contributed by atoms with Crippen LogP contribution in [0.25, 0.3) is 0 Å². The van der Waals surface area contributed by atoms with Gasteiger partial charge in [-0.25, -0.2) is 0 Å². The Morgan fingerprint density at radius 3 is 2.48 bits per heavy atom. The fourth-order valence-corrected chi connectivity index (χ4v) is 2.31. The highest BCUT2D eigenvalue weighted by Crippen LogP contribution is 2.15. The van der Waals surface area contributed by atoms with E-state index in [1.165, 1.54) is 0 Å². The van der Waals surface area contributed by atoms with Crippen molar-refractivity contribution >= 4 is 17.5 Å². The summed E-state index contributed by atoms with van der Waals surface area (Å²) in [6, 6.07) is 16.3. The van der Waals surface area contributed by atoms with Crippen LogP contribution in [0.4, 0.5) is 0 Å². The van der Waals surface area contributed by atoms with Gasteiger partial charge in [0.1, 0.15) is 12.4 Å². The molecule has 0 radical (unpaired) electrons. The highest BCUT2D eigenvalue weighted by atomic mass is 35.5. The van der Waals surface area contributed by atoms with Gasteiger partial charge < -0.3 is 15.4 Å². The lowest BCUT2D eigenvalue weighted by Gasteiger charge is -2.21. The summed E-state index contributed by atoms with van der Waals surface area (Å²) < 4.78 is 5.59. The Labute approximate surface area is 141 Å². The quantitative estimate of drug-likeness (QED) is 0.848. The Kier molecular flexibility index (Phi) is 6.44. The number of carbonyl (C=O) groups is 1. The number of hydrogen-bond acceptors (Lipinski definition) is 3. The number of halogens is 1. The number of nitrogens with two attached hydrogens (primary N) is 1. The number of rotatable bonds is 7. The molecule has 0 fully saturated rings. The van der Waals surface area contributed by atoms with Crippen molar-refractivity contribution in [2.75, 3.05) is 20.2 Å². The molecule has 23 heavy (non-hydrogen) atoms. The van der Waals surface area contributed by atoms with Gasteiger partial charge in [0, 0.05) is 12.1 Å². The van der Waals surface area contributed by atoms with Crippen molar-refractivity contribution < 1.29 is 9.53 Å². The molecule has 0 aliphatic carbocycles. The number of nitrogens with zero attached hydrogens (tertiary/aromatic N) is 1. The topological polar surface area (TPSA) is 55.6 Å². The minimum atomic E-state index is -0.544. The molecule has 1 unspecified atom stereocenters. The molecule has 0 bridgehead atoms. The third kappa shape index (κ3) is 5.58. The molecule has 4 nitrogen and oxygen atoms in total. The maximum Gasteiger partial charge on any atom is 0.239 e. The van der Waals surface area contributed by atoms with Gasteiger partial charge in [0.05, 0.1) is 12.6 Å². The highest BCUT2D eigenvalue weighted by molar-refractivity contribution is 6.30. The second-order valence-electron chi connectivity index (χ2n) is 5.36. The first kappa shape index (κ1) is 17.3. The second-order valence-corrected chi connectivity index (χ2v) is 5.79. The van der Waals surface area contributed by atoms with Crippen LogP contribution in [0.5, 0.6) is 5.75 Å². The average molecular weight is 333 g/mol. The molecule has 0 saturated carbocycles. The van der Waals surface area contributed by atoms with Crippen LogP contribution in [-0.2, 0) is 11.2 Å². The predicted molar refractivity (Wildman–Crippen MR) is 92.7 cm³/mol. The maximum absolute atomic E-state index is 12.3. The van der Waals surface area contributed by atoms with Gasteiger partial charge >= 0.3 is 0 Å². The molecule has 1 amide bonds. The highest BCUT2D eigenvalue weighted by Gasteiger charge is 2.18. The van der Waals surface area contributed by atoms with Gasteiger partial charge in [-0.15, -0.1) is 0 Å². The number of likely N-dealkylation sites (N-methyl/N-ethyl adjacent to an activating group) is 1. The number of ether oxygens (including phenoxy) is 1. The lowest BCUT2D eigenvalue weighted by Crippen LogP contribution is -2.44. The summed E-state index contributed by atoms with van der Waals surface area (Å²) in [4.78, 5) is 13.9. The monoisotopic (exact) mass is 332 g/mol. The van der Waals surface area contributed by atoms with Crippen molar-refractivity contribution in [2.45, 2.75) is 12.5 Å². The van der Waals surface area contributed by atoms with Crippen LogP contribution >= 0.6 is 11.6 Å². The van der Waals surface area contributed by atoms with Gasteiger partial charge in [0.15, 0.2) is 0 Å². The second kappa shape index (κ2) is 8.56. The molecule has 122 valence electrons. The predicted octanol–water partition coefficient (Wildman–Crippen LogP) is 2.75. The molecule has 0 spiro atoms. The first-order valence-corrected chi connectivity index (χ1v) is 7.87. The summed E-state index contributed by atoms with van der Waals surface area (Å²) in [5.74, 6) is 0.636. The van der Waals surface area contributed by atoms with Crippen LogP contribution in [0.2, 0.25) is 5.02 Å². The Bertz CT molecular complexity index is 617. The largest absolute Gasteiger partial charge is 0.492 e. The smallest absolute Gasteiger partial charge is 0.239 e. The van der Waals surface area contributed by atoms with Gasteiger partial charge in [-0.3, -0.25) is 4.79 Å². The van der Waals surface area contributed by atoms with Gasteiger partial charge in [0.25, 0.3) is 0 Å². The molecule has 2 N–H and O–H groups in total. The molecule has 0 aliphatic heterocycles. The van der Waals surface area contributed by atoms with Crippen LogP contribution in [0.1, 0.15) is 5.56 Å². The van der Waals surface area contributed by atoms with Crippen molar-refractivity contribution in [3.63, 3.8) is 0 Å². The van der Waals surface area contributed by atoms with E-state index in [1.807, 2.05) is 30.3 Å². The van der Waals surface area contributed by atoms with Crippen LogP contribution in [0.15, 0.2) is 54.6 Å². The van der Waals surface area contributed by atoms with E-state index < -0.39 is 6.04 Å². The SMILES string of the molecule is CN(CCOc1ccc(Cl)cc1)C(=O)C(N)Cc1ccccc1. The van der Waals surface area contributed by atoms with Crippen molar-refractivity contribution in [3.05, 3.63) is 65.2 Å².